The number of amides is 8. The Balaban J connectivity index is 1.18. The van der Waals surface area contributed by atoms with Gasteiger partial charge in [0.15, 0.2) is 34.9 Å². The first-order valence-electron chi connectivity index (χ1n) is 34.5. The molecule has 2 heterocycles. The van der Waals surface area contributed by atoms with Gasteiger partial charge in [-0.1, -0.05) is 96.3 Å². The molecular weight excluding hydrogens is 1280 g/mol. The number of carbonyl (C=O) groups is 9. The molecule has 7 atom stereocenters. The van der Waals surface area contributed by atoms with Crippen molar-refractivity contribution in [3.05, 3.63) is 41.7 Å². The van der Waals surface area contributed by atoms with Gasteiger partial charge in [0, 0.05) is 44.4 Å². The Bertz CT molecular complexity index is 3290. The van der Waals surface area contributed by atoms with Crippen molar-refractivity contribution in [2.24, 2.45) is 72.9 Å². The predicted molar refractivity (Wildman–Crippen MR) is 375 cm³/mol. The molecule has 6 rings (SSSR count). The van der Waals surface area contributed by atoms with Gasteiger partial charge < -0.3 is 98.8 Å². The van der Waals surface area contributed by atoms with E-state index in [1.807, 2.05) is 11.9 Å². The smallest absolute Gasteiger partial charge is 0.326 e. The number of carbonyl (C=O) groups excluding carboxylic acids is 8. The zero-order valence-corrected chi connectivity index (χ0v) is 56.8. The van der Waals surface area contributed by atoms with Crippen LogP contribution in [0, 0.1) is 17.8 Å². The molecule has 0 radical (unpaired) electrons. The number of aliphatic carboxylic acids is 1. The lowest BCUT2D eigenvalue weighted by molar-refractivity contribution is -0.142. The summed E-state index contributed by atoms with van der Waals surface area (Å²) in [6, 6.07) is -2.42. The number of benzene rings is 1. The summed E-state index contributed by atoms with van der Waals surface area (Å²) in [7, 11) is 1.81. The lowest BCUT2D eigenvalue weighted by atomic mass is 9.84. The molecule has 544 valence electrons. The molecule has 3 aliphatic carbocycles. The maximum atomic E-state index is 15.0. The van der Waals surface area contributed by atoms with Crippen molar-refractivity contribution in [3.8, 4) is 0 Å². The highest BCUT2D eigenvalue weighted by atomic mass is 16.4. The van der Waals surface area contributed by atoms with Gasteiger partial charge in [-0.3, -0.25) is 53.3 Å². The fourth-order valence-corrected chi connectivity index (χ4v) is 13.0. The predicted octanol–water partition coefficient (Wildman–Crippen LogP) is -0.350. The summed E-state index contributed by atoms with van der Waals surface area (Å²) < 4.78 is 0. The van der Waals surface area contributed by atoms with Gasteiger partial charge in [-0.05, 0) is 106 Å². The van der Waals surface area contributed by atoms with Crippen LogP contribution in [0.3, 0.4) is 0 Å². The zero-order valence-electron chi connectivity index (χ0n) is 56.8. The Hall–Kier alpha value is -9.92. The third kappa shape index (κ3) is 27.1. The van der Waals surface area contributed by atoms with Crippen LogP contribution in [0.4, 0.5) is 17.5 Å². The minimum Gasteiger partial charge on any atom is -0.480 e. The van der Waals surface area contributed by atoms with Crippen LogP contribution in [0.2, 0.25) is 0 Å². The van der Waals surface area contributed by atoms with E-state index in [0.717, 1.165) is 96.3 Å². The molecule has 3 aliphatic rings. The number of hydrogen-bond donors (Lipinski definition) is 17. The summed E-state index contributed by atoms with van der Waals surface area (Å²) in [6.45, 7) is 0.552. The molecule has 1 unspecified atom stereocenters. The Morgan fingerprint density at radius 2 is 0.909 bits per heavy atom. The van der Waals surface area contributed by atoms with E-state index in [4.69, 9.17) is 51.6 Å². The number of aromatic nitrogens is 4. The molecule has 8 amide bonds. The van der Waals surface area contributed by atoms with Crippen LogP contribution in [0.15, 0.2) is 45.4 Å². The molecule has 0 aliphatic heterocycles. The van der Waals surface area contributed by atoms with Gasteiger partial charge in [0.2, 0.25) is 47.3 Å². The molecule has 3 saturated carbocycles. The molecule has 0 bridgehead atoms. The molecule has 34 heteroatoms. The average molecular weight is 1380 g/mol. The Labute approximate surface area is 576 Å². The van der Waals surface area contributed by atoms with Crippen molar-refractivity contribution in [1.82, 2.24) is 57.2 Å². The summed E-state index contributed by atoms with van der Waals surface area (Å²) >= 11 is 0. The molecule has 3 aromatic rings. The number of fused-ring (bicyclic) bond motifs is 1. The highest BCUT2D eigenvalue weighted by Gasteiger charge is 2.37. The van der Waals surface area contributed by atoms with Gasteiger partial charge in [-0.15, -0.1) is 0 Å². The van der Waals surface area contributed by atoms with E-state index in [2.05, 4.69) is 72.1 Å². The van der Waals surface area contributed by atoms with E-state index < -0.39 is 95.5 Å². The van der Waals surface area contributed by atoms with Gasteiger partial charge in [0.25, 0.3) is 5.91 Å². The van der Waals surface area contributed by atoms with E-state index in [9.17, 15) is 48.3 Å². The van der Waals surface area contributed by atoms with Crippen LogP contribution in [-0.2, 0) is 44.9 Å². The topological polar surface area (TPSA) is 584 Å². The van der Waals surface area contributed by atoms with Gasteiger partial charge in [-0.2, -0.15) is 9.97 Å². The van der Waals surface area contributed by atoms with Crippen LogP contribution in [0.25, 0.3) is 11.2 Å². The first kappa shape index (κ1) is 78.1. The largest absolute Gasteiger partial charge is 0.480 e. The molecule has 2 aromatic heterocycles. The molecule has 26 N–H and O–H groups in total. The summed E-state index contributed by atoms with van der Waals surface area (Å²) in [5.41, 5.74) is 53.0. The SMILES string of the molecule is CN(Cc1cnc2nc(N)nc(N)c2n1)c1ccc(C(=O)NC(CCC(=O)N[C@@H](CC2CCCCC2)C(=O)N[C@H](CCCN=C(N)N)C(=O)N[C@@H](CC2CCCCC2)C(=O)N[C@H](CCCN=C(N)N)C(=O)N[C@@H](CC2CCCCC2)C(=O)N[C@H](CCCN=C(N)N)C(=O)O)C(N)=O)cc1. The van der Waals surface area contributed by atoms with Crippen LogP contribution in [0.1, 0.15) is 183 Å². The Kier molecular flexibility index (Phi) is 31.6. The standard InChI is InChI=1S/C65H104N24O10/c1-89(36-41-35-78-54-51(79-41)52(66)87-65(74)88-54)42-25-23-40(24-26-42)55(92)81-43(53(67)91)27-28-50(90)80-47(32-37-14-5-2-6-15-37)58(95)82-44(20-11-29-75-62(68)69)56(93)85-48(33-38-16-7-3-8-17-38)59(96)83-45(21-12-30-76-63(70)71)57(94)86-49(34-39-18-9-4-10-19-39)60(97)84-46(61(98)99)22-13-31-77-64(72)73/h23-26,35,37-39,43-49H,2-22,27-34,36H2,1H3,(H2,67,91)(H,80,90)(H,81,92)(H,82,95)(H,83,96)(H,84,97)(H,85,93)(H,86,94)(H,98,99)(H4,68,69,75)(H4,70,71,76)(H4,72,73,77)(H4,66,74,78,87,88)/t43?,44-,45-,46-,47+,48+,49+/m1/s1. The molecule has 0 spiro atoms. The normalized spacial score (nSPS) is 16.5. The number of rotatable bonds is 39. The molecule has 3 fully saturated rings. The number of nitrogen functional groups attached to an aromatic ring is 2. The monoisotopic (exact) mass is 1380 g/mol. The third-order valence-corrected chi connectivity index (χ3v) is 18.3. The number of nitrogens with one attached hydrogen (secondary N) is 7. The summed E-state index contributed by atoms with van der Waals surface area (Å²) in [5.74, 6) is -7.58. The first-order chi connectivity index (χ1) is 47.3. The number of primary amides is 1. The van der Waals surface area contributed by atoms with E-state index >= 15 is 0 Å². The minimum atomic E-state index is -1.34. The fraction of sp³-hybridized carbons (Fsp3) is 0.631. The second-order valence-corrected chi connectivity index (χ2v) is 26.2. The fourth-order valence-electron chi connectivity index (χ4n) is 13.0. The lowest BCUT2D eigenvalue weighted by Gasteiger charge is -2.31. The second-order valence-electron chi connectivity index (χ2n) is 26.2. The van der Waals surface area contributed by atoms with Gasteiger partial charge in [-0.25, -0.2) is 14.8 Å². The number of carboxylic acids is 1. The quantitative estimate of drug-likeness (QED) is 0.0197. The van der Waals surface area contributed by atoms with Crippen molar-refractivity contribution in [1.29, 1.82) is 0 Å². The molecule has 99 heavy (non-hydrogen) atoms. The molecule has 0 saturated heterocycles. The summed E-state index contributed by atoms with van der Waals surface area (Å²) in [5, 5.41) is 29.7. The van der Waals surface area contributed by atoms with E-state index in [-0.39, 0.29) is 149 Å². The van der Waals surface area contributed by atoms with Crippen LogP contribution < -0.4 is 93.7 Å². The van der Waals surface area contributed by atoms with Gasteiger partial charge in [0.1, 0.15) is 42.3 Å². The third-order valence-electron chi connectivity index (χ3n) is 18.3. The minimum absolute atomic E-state index is 0.0140. The van der Waals surface area contributed by atoms with Crippen LogP contribution in [0.5, 0.6) is 0 Å². The van der Waals surface area contributed by atoms with Crippen molar-refractivity contribution in [3.63, 3.8) is 0 Å². The van der Waals surface area contributed by atoms with Crippen LogP contribution in [-0.4, -0.2) is 165 Å². The zero-order chi connectivity index (χ0) is 72.0. The summed E-state index contributed by atoms with van der Waals surface area (Å²) in [6.07, 6.45) is 15.1. The first-order valence-corrected chi connectivity index (χ1v) is 34.5. The number of anilines is 3. The summed E-state index contributed by atoms with van der Waals surface area (Å²) in [4.78, 5) is 157. The maximum absolute atomic E-state index is 15.0. The highest BCUT2D eigenvalue weighted by Crippen LogP contribution is 2.31. The number of aliphatic imine (C=N–C) groups is 3. The van der Waals surface area contributed by atoms with E-state index in [1.165, 1.54) is 0 Å². The van der Waals surface area contributed by atoms with Crippen LogP contribution >= 0.6 is 0 Å². The van der Waals surface area contributed by atoms with E-state index in [1.54, 1.807) is 30.5 Å². The molecule has 1 aromatic carbocycles. The average Bonchev–Trinajstić information content (AvgIpc) is 0.979. The Morgan fingerprint density at radius 1 is 0.505 bits per heavy atom. The Morgan fingerprint density at radius 3 is 1.33 bits per heavy atom. The van der Waals surface area contributed by atoms with Crippen molar-refractivity contribution in [2.75, 3.05) is 43.0 Å². The molecule has 34 nitrogen and oxygen atoms in total. The number of carboxylic acid groups (broad SMARTS) is 1. The van der Waals surface area contributed by atoms with Crippen molar-refractivity contribution >= 4 is 99.7 Å². The van der Waals surface area contributed by atoms with Crippen molar-refractivity contribution in [2.45, 2.75) is 216 Å². The molecular formula is C65H104N24O10. The second kappa shape index (κ2) is 40.1. The van der Waals surface area contributed by atoms with Gasteiger partial charge in [0.05, 0.1) is 18.4 Å². The van der Waals surface area contributed by atoms with Crippen molar-refractivity contribution < 1.29 is 48.3 Å². The highest BCUT2D eigenvalue weighted by molar-refractivity contribution is 5.99. The number of nitrogens with zero attached hydrogens (tertiary/aromatic N) is 8. The maximum Gasteiger partial charge on any atom is 0.326 e. The number of hydrogen-bond acceptors (Lipinski definition) is 19. The lowest BCUT2D eigenvalue weighted by Crippen LogP contribution is -2.60. The number of nitrogens with two attached hydrogens (primary N) is 9. The number of guanidine groups is 3. The van der Waals surface area contributed by atoms with E-state index in [0.29, 0.717) is 23.4 Å². The van der Waals surface area contributed by atoms with Gasteiger partial charge >= 0.3 is 5.97 Å².